The van der Waals surface area contributed by atoms with Crippen molar-refractivity contribution < 1.29 is 49.2 Å². The predicted octanol–water partition coefficient (Wildman–Crippen LogP) is -3.47. The second-order valence-electron chi connectivity index (χ2n) is 7.78. The number of aliphatic hydroxyl groups is 1. The highest BCUT2D eigenvalue weighted by Crippen LogP contribution is 2.12. The highest BCUT2D eigenvalue weighted by Gasteiger charge is 2.31. The van der Waals surface area contributed by atoms with Crippen LogP contribution < -0.4 is 27.4 Å². The van der Waals surface area contributed by atoms with Gasteiger partial charge in [-0.1, -0.05) is 12.1 Å². The van der Waals surface area contributed by atoms with Crippen LogP contribution >= 0.6 is 0 Å². The fraction of sp³-hybridized carbons (Fsp3) is 0.429. The third kappa shape index (κ3) is 10.4. The van der Waals surface area contributed by atoms with Gasteiger partial charge < -0.3 is 47.8 Å². The number of primary amides is 1. The number of rotatable bonds is 15. The molecule has 0 heterocycles. The molecule has 0 saturated carbocycles. The van der Waals surface area contributed by atoms with Crippen molar-refractivity contribution in [2.75, 3.05) is 6.61 Å². The molecule has 0 aliphatic heterocycles. The van der Waals surface area contributed by atoms with Gasteiger partial charge >= 0.3 is 11.9 Å². The number of carboxylic acid groups (broad SMARTS) is 2. The Labute approximate surface area is 204 Å². The first-order valence-electron chi connectivity index (χ1n) is 10.6. The van der Waals surface area contributed by atoms with Crippen LogP contribution in [-0.4, -0.2) is 86.8 Å². The number of aliphatic carboxylic acids is 2. The average Bonchev–Trinajstić information content (AvgIpc) is 2.80. The zero-order valence-electron chi connectivity index (χ0n) is 19.0. The third-order valence-electron chi connectivity index (χ3n) is 4.84. The molecule has 4 amide bonds. The largest absolute Gasteiger partial charge is 0.508 e. The molecule has 36 heavy (non-hydrogen) atoms. The number of carbonyl (C=O) groups excluding carboxylic acids is 4. The molecule has 0 fully saturated rings. The first-order valence-corrected chi connectivity index (χ1v) is 10.6. The first kappa shape index (κ1) is 29.8. The van der Waals surface area contributed by atoms with E-state index in [2.05, 4.69) is 16.0 Å². The van der Waals surface area contributed by atoms with E-state index in [1.54, 1.807) is 0 Å². The molecule has 15 nitrogen and oxygen atoms in total. The summed E-state index contributed by atoms with van der Waals surface area (Å²) >= 11 is 0. The summed E-state index contributed by atoms with van der Waals surface area (Å²) in [6.07, 6.45) is -1.94. The minimum atomic E-state index is -1.61. The Morgan fingerprint density at radius 2 is 1.36 bits per heavy atom. The second-order valence-corrected chi connectivity index (χ2v) is 7.78. The van der Waals surface area contributed by atoms with Gasteiger partial charge in [-0.2, -0.15) is 0 Å². The van der Waals surface area contributed by atoms with Crippen molar-refractivity contribution in [3.63, 3.8) is 0 Å². The van der Waals surface area contributed by atoms with Crippen LogP contribution in [0.3, 0.4) is 0 Å². The van der Waals surface area contributed by atoms with Crippen molar-refractivity contribution >= 4 is 35.6 Å². The molecular formula is C21H29N5O10. The van der Waals surface area contributed by atoms with Crippen LogP contribution in [0.2, 0.25) is 0 Å². The highest BCUT2D eigenvalue weighted by atomic mass is 16.4. The van der Waals surface area contributed by atoms with Crippen LogP contribution in [0.25, 0.3) is 0 Å². The maximum atomic E-state index is 12.8. The van der Waals surface area contributed by atoms with E-state index in [1.807, 2.05) is 0 Å². The number of phenols is 1. The molecule has 4 unspecified atom stereocenters. The summed E-state index contributed by atoms with van der Waals surface area (Å²) in [6.45, 7) is -0.766. The first-order chi connectivity index (χ1) is 16.8. The van der Waals surface area contributed by atoms with Crippen LogP contribution in [0.15, 0.2) is 24.3 Å². The van der Waals surface area contributed by atoms with Gasteiger partial charge in [0.25, 0.3) is 0 Å². The molecule has 198 valence electrons. The lowest BCUT2D eigenvalue weighted by atomic mass is 10.0. The lowest BCUT2D eigenvalue weighted by Gasteiger charge is -2.24. The molecular weight excluding hydrogens is 482 g/mol. The highest BCUT2D eigenvalue weighted by molar-refractivity contribution is 5.96. The Balaban J connectivity index is 3.05. The normalized spacial score (nSPS) is 13.9. The zero-order valence-corrected chi connectivity index (χ0v) is 19.0. The van der Waals surface area contributed by atoms with Crippen molar-refractivity contribution in [3.8, 4) is 5.75 Å². The summed E-state index contributed by atoms with van der Waals surface area (Å²) in [7, 11) is 0. The molecule has 1 aromatic carbocycles. The Morgan fingerprint density at radius 1 is 0.833 bits per heavy atom. The topological polar surface area (TPSA) is 271 Å². The van der Waals surface area contributed by atoms with E-state index >= 15 is 0 Å². The zero-order chi connectivity index (χ0) is 27.4. The molecule has 11 N–H and O–H groups in total. The van der Waals surface area contributed by atoms with E-state index in [9.17, 15) is 39.0 Å². The molecule has 1 aromatic rings. The van der Waals surface area contributed by atoms with E-state index in [0.29, 0.717) is 5.56 Å². The molecule has 0 aliphatic rings. The SMILES string of the molecule is NC(=O)CC(NC(=O)C(N)CO)C(=O)NC(CCC(=O)O)C(=O)NC(Cc1ccc(O)cc1)C(=O)O. The lowest BCUT2D eigenvalue weighted by molar-refractivity contribution is -0.143. The Hall–Kier alpha value is -4.24. The number of carbonyl (C=O) groups is 6. The standard InChI is InChI=1S/C21H29N5O10/c22-12(9-27)18(32)25-14(8-16(23)29)20(34)24-13(5-6-17(30)31)19(33)26-15(21(35)36)7-10-1-3-11(28)4-2-10/h1-4,12-15,27-28H,5-9,22H2,(H2,23,29)(H,24,34)(H,25,32)(H,26,33)(H,30,31)(H,35,36). The fourth-order valence-corrected chi connectivity index (χ4v) is 2.92. The van der Waals surface area contributed by atoms with Gasteiger partial charge in [-0.05, 0) is 24.1 Å². The van der Waals surface area contributed by atoms with Crippen LogP contribution in [0, 0.1) is 0 Å². The van der Waals surface area contributed by atoms with E-state index in [-0.39, 0.29) is 12.2 Å². The Bertz CT molecular complexity index is 968. The van der Waals surface area contributed by atoms with Crippen molar-refractivity contribution in [1.29, 1.82) is 0 Å². The summed E-state index contributed by atoms with van der Waals surface area (Å²) in [5.41, 5.74) is 10.9. The van der Waals surface area contributed by atoms with Crippen LogP contribution in [0.1, 0.15) is 24.8 Å². The third-order valence-corrected chi connectivity index (χ3v) is 4.84. The number of nitrogens with one attached hydrogen (secondary N) is 3. The Morgan fingerprint density at radius 3 is 1.86 bits per heavy atom. The number of hydrogen-bond acceptors (Lipinski definition) is 9. The van der Waals surface area contributed by atoms with E-state index in [1.165, 1.54) is 24.3 Å². The summed E-state index contributed by atoms with van der Waals surface area (Å²) < 4.78 is 0. The molecule has 0 spiro atoms. The van der Waals surface area contributed by atoms with E-state index < -0.39 is 85.6 Å². The number of aromatic hydroxyl groups is 1. The van der Waals surface area contributed by atoms with Gasteiger partial charge in [-0.3, -0.25) is 24.0 Å². The number of hydrogen-bond donors (Lipinski definition) is 9. The summed E-state index contributed by atoms with van der Waals surface area (Å²) in [5.74, 6) is -6.91. The van der Waals surface area contributed by atoms with Gasteiger partial charge in [-0.15, -0.1) is 0 Å². The predicted molar refractivity (Wildman–Crippen MR) is 121 cm³/mol. The fourth-order valence-electron chi connectivity index (χ4n) is 2.92. The molecule has 0 aliphatic carbocycles. The average molecular weight is 511 g/mol. The van der Waals surface area contributed by atoms with Gasteiger partial charge in [-0.25, -0.2) is 4.79 Å². The smallest absolute Gasteiger partial charge is 0.326 e. The van der Waals surface area contributed by atoms with Crippen molar-refractivity contribution in [3.05, 3.63) is 29.8 Å². The van der Waals surface area contributed by atoms with Crippen LogP contribution in [0.5, 0.6) is 5.75 Å². The quantitative estimate of drug-likeness (QED) is 0.112. The van der Waals surface area contributed by atoms with Crippen LogP contribution in [-0.2, 0) is 35.2 Å². The van der Waals surface area contributed by atoms with Crippen LogP contribution in [0.4, 0.5) is 0 Å². The maximum absolute atomic E-state index is 12.8. The second kappa shape index (κ2) is 14.2. The number of phenolic OH excluding ortho intramolecular Hbond substituents is 1. The Kier molecular flexibility index (Phi) is 11.8. The molecule has 0 saturated heterocycles. The van der Waals surface area contributed by atoms with Gasteiger partial charge in [0.15, 0.2) is 0 Å². The molecule has 0 bridgehead atoms. The van der Waals surface area contributed by atoms with Gasteiger partial charge in [0.2, 0.25) is 23.6 Å². The van der Waals surface area contributed by atoms with Crippen molar-refractivity contribution in [2.24, 2.45) is 11.5 Å². The summed E-state index contributed by atoms with van der Waals surface area (Å²) in [4.78, 5) is 71.6. The monoisotopic (exact) mass is 511 g/mol. The lowest BCUT2D eigenvalue weighted by Crippen LogP contribution is -2.58. The minimum absolute atomic E-state index is 0.0522. The van der Waals surface area contributed by atoms with Gasteiger partial charge in [0, 0.05) is 12.8 Å². The van der Waals surface area contributed by atoms with Gasteiger partial charge in [0.1, 0.15) is 29.9 Å². The molecule has 0 radical (unpaired) electrons. The number of carboxylic acids is 2. The van der Waals surface area contributed by atoms with Crippen molar-refractivity contribution in [2.45, 2.75) is 49.9 Å². The molecule has 15 heteroatoms. The number of benzene rings is 1. The minimum Gasteiger partial charge on any atom is -0.508 e. The summed E-state index contributed by atoms with van der Waals surface area (Å²) in [5, 5.41) is 43.3. The molecule has 0 aromatic heterocycles. The maximum Gasteiger partial charge on any atom is 0.326 e. The summed E-state index contributed by atoms with van der Waals surface area (Å²) in [6, 6.07) is -0.548. The van der Waals surface area contributed by atoms with Crippen molar-refractivity contribution in [1.82, 2.24) is 16.0 Å². The molecule has 1 rings (SSSR count). The van der Waals surface area contributed by atoms with E-state index in [4.69, 9.17) is 21.7 Å². The van der Waals surface area contributed by atoms with Gasteiger partial charge in [0.05, 0.1) is 13.0 Å². The number of aliphatic hydroxyl groups excluding tert-OH is 1. The van der Waals surface area contributed by atoms with E-state index in [0.717, 1.165) is 0 Å². The number of nitrogens with two attached hydrogens (primary N) is 2. The molecule has 4 atom stereocenters. The number of amides is 4.